The van der Waals surface area contributed by atoms with E-state index >= 15 is 13.2 Å². The first kappa shape index (κ1) is 28.4. The maximum atomic E-state index is 15.8. The number of pyridine rings is 1. The van der Waals surface area contributed by atoms with E-state index in [2.05, 4.69) is 38.4 Å². The van der Waals surface area contributed by atoms with Gasteiger partial charge in [-0.25, -0.2) is 23.1 Å². The van der Waals surface area contributed by atoms with Crippen molar-refractivity contribution in [1.29, 1.82) is 5.26 Å². The van der Waals surface area contributed by atoms with Crippen molar-refractivity contribution in [2.75, 3.05) is 25.0 Å². The van der Waals surface area contributed by atoms with E-state index in [9.17, 15) is 10.1 Å². The number of benzene rings is 1. The van der Waals surface area contributed by atoms with Crippen LogP contribution in [0.25, 0.3) is 11.0 Å². The lowest BCUT2D eigenvalue weighted by atomic mass is 9.87. The van der Waals surface area contributed by atoms with Crippen LogP contribution >= 0.6 is 0 Å². The Balaban J connectivity index is 1.44. The summed E-state index contributed by atoms with van der Waals surface area (Å²) in [5.41, 5.74) is -0.717. The molecule has 5 heterocycles. The number of nitrogens with zero attached hydrogens (tertiary/aromatic N) is 5. The standard InChI is InChI=1S/C32H35F3N6O/c1-21-23-7-6-8-25(27(23)33)32(34,35)18-22-9-15-40(16-10-22)13-4-2-3-5-14-41-29-24(28(39-21)37-20-38-29)17-26(30(41)42)31(19-36)11-12-31/h2,4,6-8,17,20-22H,3,5,9-16,18H2,1H3,(H,37,38,39)/b4-2-/t21-/m1/s1. The molecule has 220 valence electrons. The molecule has 0 amide bonds. The minimum atomic E-state index is -3.30. The van der Waals surface area contributed by atoms with Crippen molar-refractivity contribution < 1.29 is 13.2 Å². The molecule has 0 radical (unpaired) electrons. The van der Waals surface area contributed by atoms with E-state index < -0.39 is 28.8 Å². The number of nitrogens with one attached hydrogen (secondary N) is 1. The van der Waals surface area contributed by atoms with Crippen molar-refractivity contribution in [1.82, 2.24) is 19.4 Å². The van der Waals surface area contributed by atoms with Gasteiger partial charge >= 0.3 is 0 Å². The predicted octanol–water partition coefficient (Wildman–Crippen LogP) is 6.20. The van der Waals surface area contributed by atoms with Gasteiger partial charge in [-0.1, -0.05) is 30.4 Å². The number of fused-ring (bicyclic) bond motifs is 8. The molecule has 3 aliphatic heterocycles. The van der Waals surface area contributed by atoms with Gasteiger partial charge in [-0.3, -0.25) is 14.3 Å². The topological polar surface area (TPSA) is 86.8 Å². The first-order chi connectivity index (χ1) is 20.2. The number of piperidine rings is 1. The van der Waals surface area contributed by atoms with E-state index in [4.69, 9.17) is 0 Å². The minimum absolute atomic E-state index is 0.106. The predicted molar refractivity (Wildman–Crippen MR) is 155 cm³/mol. The number of halogens is 3. The van der Waals surface area contributed by atoms with E-state index in [-0.39, 0.29) is 23.5 Å². The molecular weight excluding hydrogens is 541 g/mol. The van der Waals surface area contributed by atoms with Gasteiger partial charge in [0.05, 0.1) is 28.5 Å². The average Bonchev–Trinajstić information content (AvgIpc) is 3.77. The Kier molecular flexibility index (Phi) is 7.56. The van der Waals surface area contributed by atoms with Gasteiger partial charge in [0.2, 0.25) is 0 Å². The molecule has 1 saturated carbocycles. The molecule has 1 saturated heterocycles. The summed E-state index contributed by atoms with van der Waals surface area (Å²) in [7, 11) is 0. The Labute approximate surface area is 243 Å². The molecule has 2 aromatic heterocycles. The monoisotopic (exact) mass is 576 g/mol. The quantitative estimate of drug-likeness (QED) is 0.347. The lowest BCUT2D eigenvalue weighted by molar-refractivity contribution is -0.0397. The number of anilines is 1. The summed E-state index contributed by atoms with van der Waals surface area (Å²) in [5, 5.41) is 13.6. The summed E-state index contributed by atoms with van der Waals surface area (Å²) >= 11 is 0. The van der Waals surface area contributed by atoms with Gasteiger partial charge in [-0.05, 0) is 70.5 Å². The summed E-state index contributed by atoms with van der Waals surface area (Å²) in [6.45, 7) is 4.30. The fourth-order valence-electron chi connectivity index (χ4n) is 6.42. The Morgan fingerprint density at radius 3 is 2.62 bits per heavy atom. The van der Waals surface area contributed by atoms with Crippen molar-refractivity contribution in [2.45, 2.75) is 75.8 Å². The van der Waals surface area contributed by atoms with E-state index in [1.807, 2.05) is 0 Å². The molecular formula is C32H35F3N6O. The first-order valence-electron chi connectivity index (χ1n) is 14.8. The van der Waals surface area contributed by atoms with Crippen LogP contribution in [0, 0.1) is 23.1 Å². The molecule has 0 spiro atoms. The highest BCUT2D eigenvalue weighted by Gasteiger charge is 2.47. The summed E-state index contributed by atoms with van der Waals surface area (Å²) in [5.74, 6) is -4.05. The minimum Gasteiger partial charge on any atom is -0.363 e. The SMILES string of the molecule is C[C@H]1Nc2ncnc3c2cc(C2(C#N)CC2)c(=O)n3CCC/C=C\CN2CCC(CC2)CC(F)(F)c2cccc1c2F. The number of hydrogen-bond donors (Lipinski definition) is 1. The van der Waals surface area contributed by atoms with Gasteiger partial charge in [0.15, 0.2) is 0 Å². The Morgan fingerprint density at radius 1 is 1.10 bits per heavy atom. The molecule has 1 aliphatic carbocycles. The van der Waals surface area contributed by atoms with Crippen LogP contribution in [0.1, 0.15) is 74.6 Å². The fraction of sp³-hybridized carbons (Fsp3) is 0.500. The molecule has 0 unspecified atom stereocenters. The van der Waals surface area contributed by atoms with Crippen molar-refractivity contribution in [3.05, 3.63) is 75.6 Å². The second-order valence-corrected chi connectivity index (χ2v) is 12.0. The molecule has 10 heteroatoms. The van der Waals surface area contributed by atoms with E-state index in [0.717, 1.165) is 26.1 Å². The maximum absolute atomic E-state index is 15.8. The van der Waals surface area contributed by atoms with Crippen LogP contribution in [-0.4, -0.2) is 39.1 Å². The van der Waals surface area contributed by atoms with Gasteiger partial charge in [-0.2, -0.15) is 5.26 Å². The zero-order valence-corrected chi connectivity index (χ0v) is 23.8. The number of rotatable bonds is 1. The van der Waals surface area contributed by atoms with Gasteiger partial charge in [0.25, 0.3) is 11.5 Å². The number of aryl methyl sites for hydroxylation is 1. The highest BCUT2D eigenvalue weighted by Crippen LogP contribution is 2.47. The summed E-state index contributed by atoms with van der Waals surface area (Å²) in [6.07, 6.45) is 9.10. The number of nitriles is 1. The summed E-state index contributed by atoms with van der Waals surface area (Å²) < 4.78 is 48.5. The fourth-order valence-corrected chi connectivity index (χ4v) is 6.42. The highest BCUT2D eigenvalue weighted by atomic mass is 19.3. The number of alkyl halides is 2. The number of allylic oxidation sites excluding steroid dienone is 1. The third-order valence-corrected chi connectivity index (χ3v) is 9.14. The lowest BCUT2D eigenvalue weighted by Gasteiger charge is -2.33. The molecule has 42 heavy (non-hydrogen) atoms. The molecule has 1 atom stereocenters. The lowest BCUT2D eigenvalue weighted by Crippen LogP contribution is -2.35. The van der Waals surface area contributed by atoms with Crippen LogP contribution in [0.4, 0.5) is 19.0 Å². The second kappa shape index (κ2) is 11.2. The maximum Gasteiger partial charge on any atom is 0.276 e. The Hall–Kier alpha value is -3.71. The number of aromatic nitrogens is 3. The third kappa shape index (κ3) is 5.31. The number of hydrogen-bond acceptors (Lipinski definition) is 6. The van der Waals surface area contributed by atoms with Crippen LogP contribution in [0.2, 0.25) is 0 Å². The molecule has 7 nitrogen and oxygen atoms in total. The molecule has 2 fully saturated rings. The first-order valence-corrected chi connectivity index (χ1v) is 14.8. The Morgan fingerprint density at radius 2 is 1.88 bits per heavy atom. The normalized spacial score (nSPS) is 26.1. The van der Waals surface area contributed by atoms with E-state index in [1.54, 1.807) is 17.6 Å². The van der Waals surface area contributed by atoms with Crippen molar-refractivity contribution in [3.63, 3.8) is 0 Å². The molecule has 7 rings (SSSR count). The molecule has 8 bridgehead atoms. The third-order valence-electron chi connectivity index (χ3n) is 9.14. The summed E-state index contributed by atoms with van der Waals surface area (Å²) in [4.78, 5) is 24.8. The van der Waals surface area contributed by atoms with Crippen LogP contribution in [0.15, 0.2) is 47.5 Å². The molecule has 1 N–H and O–H groups in total. The van der Waals surface area contributed by atoms with Gasteiger partial charge in [0, 0.05) is 30.6 Å². The van der Waals surface area contributed by atoms with Crippen molar-refractivity contribution in [2.24, 2.45) is 5.92 Å². The van der Waals surface area contributed by atoms with Gasteiger partial charge in [-0.15, -0.1) is 0 Å². The average molecular weight is 577 g/mol. The molecule has 3 aromatic rings. The summed E-state index contributed by atoms with van der Waals surface area (Å²) in [6, 6.07) is 7.46. The smallest absolute Gasteiger partial charge is 0.276 e. The van der Waals surface area contributed by atoms with E-state index in [1.165, 1.54) is 24.5 Å². The van der Waals surface area contributed by atoms with Gasteiger partial charge in [0.1, 0.15) is 23.6 Å². The zero-order valence-electron chi connectivity index (χ0n) is 23.8. The zero-order chi connectivity index (χ0) is 29.5. The van der Waals surface area contributed by atoms with Gasteiger partial charge < -0.3 is 5.32 Å². The second-order valence-electron chi connectivity index (χ2n) is 12.0. The molecule has 1 aromatic carbocycles. The van der Waals surface area contributed by atoms with Crippen molar-refractivity contribution >= 4 is 16.9 Å². The van der Waals surface area contributed by atoms with Crippen molar-refractivity contribution in [3.8, 4) is 6.07 Å². The highest BCUT2D eigenvalue weighted by molar-refractivity contribution is 5.87. The van der Waals surface area contributed by atoms with Crippen LogP contribution < -0.4 is 10.9 Å². The van der Waals surface area contributed by atoms with Crippen LogP contribution in [0.3, 0.4) is 0 Å². The molecule has 4 aliphatic rings. The van der Waals surface area contributed by atoms with Crippen LogP contribution in [-0.2, 0) is 17.9 Å². The Bertz CT molecular complexity index is 1610. The van der Waals surface area contributed by atoms with E-state index in [0.29, 0.717) is 61.1 Å². The van der Waals surface area contributed by atoms with Crippen LogP contribution in [0.5, 0.6) is 0 Å². The largest absolute Gasteiger partial charge is 0.363 e.